The van der Waals surface area contributed by atoms with Crippen molar-refractivity contribution in [3.05, 3.63) is 46.2 Å². The number of carboxylic acid groups (broad SMARTS) is 1. The Labute approximate surface area is 119 Å². The van der Waals surface area contributed by atoms with Crippen molar-refractivity contribution in [3.8, 4) is 0 Å². The van der Waals surface area contributed by atoms with Crippen LogP contribution in [-0.2, 0) is 0 Å². The highest BCUT2D eigenvalue weighted by molar-refractivity contribution is 7.99. The number of aryl methyl sites for hydroxylation is 2. The smallest absolute Gasteiger partial charge is 0.337 e. The summed E-state index contributed by atoms with van der Waals surface area (Å²) in [4.78, 5) is 19.2. The van der Waals surface area contributed by atoms with Crippen LogP contribution in [0.2, 0.25) is 5.02 Å². The molecule has 1 N–H and O–H groups in total. The summed E-state index contributed by atoms with van der Waals surface area (Å²) < 4.78 is 0. The highest BCUT2D eigenvalue weighted by Gasteiger charge is 2.10. The van der Waals surface area contributed by atoms with E-state index in [4.69, 9.17) is 16.7 Å². The highest BCUT2D eigenvalue weighted by Crippen LogP contribution is 2.31. The summed E-state index contributed by atoms with van der Waals surface area (Å²) in [5, 5.41) is 10.5. The predicted molar refractivity (Wildman–Crippen MR) is 74.0 cm³/mol. The number of hydrogen-bond acceptors (Lipinski definition) is 4. The topological polar surface area (TPSA) is 63.1 Å². The van der Waals surface area contributed by atoms with E-state index in [2.05, 4.69) is 9.97 Å². The Kier molecular flexibility index (Phi) is 4.07. The number of carboxylic acids is 1. The number of aromatic carboxylic acids is 1. The first-order chi connectivity index (χ1) is 8.95. The Hall–Kier alpha value is -1.59. The average molecular weight is 295 g/mol. The molecule has 0 aliphatic heterocycles. The molecule has 6 heteroatoms. The fourth-order valence-electron chi connectivity index (χ4n) is 1.57. The first-order valence-corrected chi connectivity index (χ1v) is 6.67. The lowest BCUT2D eigenvalue weighted by molar-refractivity contribution is 0.0696. The molecule has 0 saturated heterocycles. The van der Waals surface area contributed by atoms with Crippen LogP contribution in [0.25, 0.3) is 0 Å². The SMILES string of the molecule is Cc1cc(C)nc(Sc2ncc(C(=O)O)cc2Cl)c1. The molecule has 0 atom stereocenters. The average Bonchev–Trinajstić information content (AvgIpc) is 2.30. The number of hydrogen-bond donors (Lipinski definition) is 1. The van der Waals surface area contributed by atoms with Crippen molar-refractivity contribution < 1.29 is 9.90 Å². The maximum atomic E-state index is 10.8. The molecule has 2 rings (SSSR count). The van der Waals surface area contributed by atoms with E-state index < -0.39 is 5.97 Å². The minimum atomic E-state index is -1.05. The largest absolute Gasteiger partial charge is 0.478 e. The quantitative estimate of drug-likeness (QED) is 0.937. The van der Waals surface area contributed by atoms with Gasteiger partial charge in [0.05, 0.1) is 10.6 Å². The van der Waals surface area contributed by atoms with Gasteiger partial charge >= 0.3 is 5.97 Å². The molecule has 0 aliphatic carbocycles. The minimum absolute atomic E-state index is 0.0720. The van der Waals surface area contributed by atoms with Crippen molar-refractivity contribution in [2.24, 2.45) is 0 Å². The Morgan fingerprint density at radius 2 is 2.05 bits per heavy atom. The third kappa shape index (κ3) is 3.45. The first-order valence-electron chi connectivity index (χ1n) is 5.47. The van der Waals surface area contributed by atoms with Gasteiger partial charge < -0.3 is 5.11 Å². The molecule has 0 unspecified atom stereocenters. The van der Waals surface area contributed by atoms with Crippen LogP contribution < -0.4 is 0 Å². The molecule has 0 bridgehead atoms. The van der Waals surface area contributed by atoms with Crippen LogP contribution in [0.3, 0.4) is 0 Å². The van der Waals surface area contributed by atoms with Crippen LogP contribution in [0.15, 0.2) is 34.4 Å². The number of halogens is 1. The van der Waals surface area contributed by atoms with E-state index >= 15 is 0 Å². The summed E-state index contributed by atoms with van der Waals surface area (Å²) in [6, 6.07) is 5.30. The number of carbonyl (C=O) groups is 1. The fourth-order valence-corrected chi connectivity index (χ4v) is 2.75. The monoisotopic (exact) mass is 294 g/mol. The molecule has 0 saturated carbocycles. The van der Waals surface area contributed by atoms with Gasteiger partial charge in [-0.2, -0.15) is 0 Å². The predicted octanol–water partition coefficient (Wildman–Crippen LogP) is 3.60. The highest BCUT2D eigenvalue weighted by atomic mass is 35.5. The number of pyridine rings is 2. The molecule has 0 aromatic carbocycles. The van der Waals surface area contributed by atoms with Crippen molar-refractivity contribution in [1.29, 1.82) is 0 Å². The molecule has 0 spiro atoms. The van der Waals surface area contributed by atoms with E-state index in [-0.39, 0.29) is 5.56 Å². The molecule has 2 aromatic heterocycles. The van der Waals surface area contributed by atoms with Crippen molar-refractivity contribution in [2.45, 2.75) is 23.9 Å². The van der Waals surface area contributed by atoms with Gasteiger partial charge in [0.15, 0.2) is 0 Å². The van der Waals surface area contributed by atoms with Gasteiger partial charge in [-0.05, 0) is 49.4 Å². The van der Waals surface area contributed by atoms with E-state index in [9.17, 15) is 4.79 Å². The standard InChI is InChI=1S/C13H11ClN2O2S/c1-7-3-8(2)16-11(4-7)19-12-10(14)5-9(6-15-12)13(17)18/h3-6H,1-2H3,(H,17,18). The van der Waals surface area contributed by atoms with Gasteiger partial charge in [-0.3, -0.25) is 0 Å². The fraction of sp³-hybridized carbons (Fsp3) is 0.154. The molecular weight excluding hydrogens is 284 g/mol. The summed E-state index contributed by atoms with van der Waals surface area (Å²) in [5.41, 5.74) is 2.09. The summed E-state index contributed by atoms with van der Waals surface area (Å²) >= 11 is 7.34. The van der Waals surface area contributed by atoms with Crippen LogP contribution in [0.5, 0.6) is 0 Å². The van der Waals surface area contributed by atoms with Crippen molar-refractivity contribution in [2.75, 3.05) is 0 Å². The van der Waals surface area contributed by atoms with E-state index in [0.29, 0.717) is 10.0 Å². The molecular formula is C13H11ClN2O2S. The van der Waals surface area contributed by atoms with Crippen molar-refractivity contribution in [3.63, 3.8) is 0 Å². The Morgan fingerprint density at radius 3 is 2.63 bits per heavy atom. The second-order valence-corrected chi connectivity index (χ2v) is 5.46. The number of rotatable bonds is 3. The molecule has 0 fully saturated rings. The summed E-state index contributed by atoms with van der Waals surface area (Å²) in [6.45, 7) is 3.90. The summed E-state index contributed by atoms with van der Waals surface area (Å²) in [6.07, 6.45) is 1.29. The lowest BCUT2D eigenvalue weighted by atomic mass is 10.3. The third-order valence-electron chi connectivity index (χ3n) is 2.33. The second-order valence-electron chi connectivity index (χ2n) is 4.04. The van der Waals surface area contributed by atoms with Gasteiger partial charge in [-0.1, -0.05) is 11.6 Å². The Bertz CT molecular complexity index is 626. The first kappa shape index (κ1) is 13.8. The van der Waals surface area contributed by atoms with Crippen LogP contribution >= 0.6 is 23.4 Å². The molecule has 2 aromatic rings. The van der Waals surface area contributed by atoms with Crippen LogP contribution in [0.1, 0.15) is 21.6 Å². The Balaban J connectivity index is 2.30. The maximum absolute atomic E-state index is 10.8. The van der Waals surface area contributed by atoms with Crippen LogP contribution in [0.4, 0.5) is 0 Å². The molecule has 0 radical (unpaired) electrons. The summed E-state index contributed by atoms with van der Waals surface area (Å²) in [5.74, 6) is -1.05. The Morgan fingerprint density at radius 1 is 1.32 bits per heavy atom. The van der Waals surface area contributed by atoms with Gasteiger partial charge in [0, 0.05) is 11.9 Å². The van der Waals surface area contributed by atoms with Gasteiger partial charge in [-0.25, -0.2) is 14.8 Å². The molecule has 4 nitrogen and oxygen atoms in total. The second kappa shape index (κ2) is 5.59. The zero-order valence-corrected chi connectivity index (χ0v) is 11.9. The minimum Gasteiger partial charge on any atom is -0.478 e. The molecule has 0 amide bonds. The zero-order valence-electron chi connectivity index (χ0n) is 10.3. The molecule has 98 valence electrons. The maximum Gasteiger partial charge on any atom is 0.337 e. The van der Waals surface area contributed by atoms with E-state index in [1.54, 1.807) is 0 Å². The molecule has 19 heavy (non-hydrogen) atoms. The summed E-state index contributed by atoms with van der Waals surface area (Å²) in [7, 11) is 0. The normalized spacial score (nSPS) is 10.5. The van der Waals surface area contributed by atoms with Gasteiger partial charge in [0.25, 0.3) is 0 Å². The van der Waals surface area contributed by atoms with Gasteiger partial charge in [0.2, 0.25) is 0 Å². The molecule has 2 heterocycles. The lowest BCUT2D eigenvalue weighted by Gasteiger charge is -2.05. The third-order valence-corrected chi connectivity index (χ3v) is 3.67. The van der Waals surface area contributed by atoms with E-state index in [1.807, 2.05) is 26.0 Å². The van der Waals surface area contributed by atoms with E-state index in [0.717, 1.165) is 16.3 Å². The van der Waals surface area contributed by atoms with Gasteiger partial charge in [0.1, 0.15) is 10.1 Å². The molecule has 0 aliphatic rings. The zero-order chi connectivity index (χ0) is 14.0. The number of aromatic nitrogens is 2. The van der Waals surface area contributed by atoms with E-state index in [1.165, 1.54) is 24.0 Å². The van der Waals surface area contributed by atoms with Crippen LogP contribution in [-0.4, -0.2) is 21.0 Å². The van der Waals surface area contributed by atoms with Crippen molar-refractivity contribution >= 4 is 29.3 Å². The lowest BCUT2D eigenvalue weighted by Crippen LogP contribution is -1.98. The number of nitrogens with zero attached hydrogens (tertiary/aromatic N) is 2. The van der Waals surface area contributed by atoms with Gasteiger partial charge in [-0.15, -0.1) is 0 Å². The van der Waals surface area contributed by atoms with Crippen molar-refractivity contribution in [1.82, 2.24) is 9.97 Å². The van der Waals surface area contributed by atoms with Crippen LogP contribution in [0, 0.1) is 13.8 Å².